The Morgan fingerprint density at radius 1 is 0.966 bits per heavy atom. The van der Waals surface area contributed by atoms with Gasteiger partial charge < -0.3 is 15.5 Å². The van der Waals surface area contributed by atoms with Crippen LogP contribution < -0.4 is 10.5 Å². The molecule has 6 heteroatoms. The maximum absolute atomic E-state index is 14.1. The van der Waals surface area contributed by atoms with Crippen LogP contribution in [0.5, 0.6) is 5.75 Å². The predicted octanol–water partition coefficient (Wildman–Crippen LogP) is 6.07. The van der Waals surface area contributed by atoms with Crippen LogP contribution in [0.4, 0.5) is 10.1 Å². The fourth-order valence-electron chi connectivity index (χ4n) is 3.57. The number of nitrogens with one attached hydrogen (secondary N) is 1. The fourth-order valence-corrected chi connectivity index (χ4v) is 3.75. The van der Waals surface area contributed by atoms with Gasteiger partial charge in [-0.1, -0.05) is 35.9 Å². The first-order valence-electron chi connectivity index (χ1n) is 8.91. The number of carbonyl (C=O) groups excluding carboxylic acids is 1. The Hall–Kier alpha value is -3.57. The van der Waals surface area contributed by atoms with Crippen molar-refractivity contribution >= 4 is 55.8 Å². The average molecular weight is 405 g/mol. The molecule has 0 radical (unpaired) electrons. The van der Waals surface area contributed by atoms with Gasteiger partial charge in [0.15, 0.2) is 5.82 Å². The van der Waals surface area contributed by atoms with Crippen molar-refractivity contribution in [3.63, 3.8) is 0 Å². The molecule has 5 aromatic rings. The van der Waals surface area contributed by atoms with Gasteiger partial charge in [0.2, 0.25) is 0 Å². The summed E-state index contributed by atoms with van der Waals surface area (Å²) in [5, 5.41) is 4.54. The summed E-state index contributed by atoms with van der Waals surface area (Å²) in [6, 6.07) is 19.2. The van der Waals surface area contributed by atoms with Crippen molar-refractivity contribution < 1.29 is 13.9 Å². The van der Waals surface area contributed by atoms with Crippen LogP contribution in [0.25, 0.3) is 32.6 Å². The number of carbonyl (C=O) groups is 1. The van der Waals surface area contributed by atoms with Gasteiger partial charge in [0.05, 0.1) is 16.8 Å². The molecule has 0 atom stereocenters. The zero-order valence-corrected chi connectivity index (χ0v) is 15.8. The summed E-state index contributed by atoms with van der Waals surface area (Å²) in [5.74, 6) is -1.27. The first-order chi connectivity index (χ1) is 14.0. The van der Waals surface area contributed by atoms with Crippen molar-refractivity contribution in [1.29, 1.82) is 0 Å². The highest BCUT2D eigenvalue weighted by molar-refractivity contribution is 6.32. The van der Waals surface area contributed by atoms with Crippen LogP contribution in [-0.4, -0.2) is 11.0 Å². The summed E-state index contributed by atoms with van der Waals surface area (Å²) < 4.78 is 19.5. The van der Waals surface area contributed by atoms with E-state index in [2.05, 4.69) is 4.98 Å². The van der Waals surface area contributed by atoms with Crippen molar-refractivity contribution in [3.05, 3.63) is 83.1 Å². The number of benzene rings is 4. The standard InChI is InChI=1S/C23H14ClFN2O2/c24-13-6-9-20-18(10-13)15-8-5-12-4-7-14(11-17(12)22(15)27-20)29-23(28)16-2-1-3-19(26)21(16)25/h1-11,27H,26H2. The van der Waals surface area contributed by atoms with Gasteiger partial charge in [0.1, 0.15) is 5.75 Å². The number of fused-ring (bicyclic) bond motifs is 5. The first kappa shape index (κ1) is 17.5. The normalized spacial score (nSPS) is 11.4. The summed E-state index contributed by atoms with van der Waals surface area (Å²) in [6.45, 7) is 0. The third-order valence-electron chi connectivity index (χ3n) is 4.98. The molecule has 0 saturated carbocycles. The molecule has 0 bridgehead atoms. The third-order valence-corrected chi connectivity index (χ3v) is 5.22. The molecule has 0 unspecified atom stereocenters. The summed E-state index contributed by atoms with van der Waals surface area (Å²) in [5.41, 5.74) is 7.10. The molecule has 4 aromatic carbocycles. The summed E-state index contributed by atoms with van der Waals surface area (Å²) in [6.07, 6.45) is 0. The van der Waals surface area contributed by atoms with Gasteiger partial charge >= 0.3 is 5.97 Å². The van der Waals surface area contributed by atoms with Crippen molar-refractivity contribution in [2.75, 3.05) is 5.73 Å². The fraction of sp³-hybridized carbons (Fsp3) is 0. The van der Waals surface area contributed by atoms with Gasteiger partial charge in [-0.05, 0) is 47.9 Å². The van der Waals surface area contributed by atoms with Gasteiger partial charge in [-0.15, -0.1) is 0 Å². The maximum Gasteiger partial charge on any atom is 0.346 e. The zero-order valence-electron chi connectivity index (χ0n) is 15.0. The number of rotatable bonds is 2. The minimum atomic E-state index is -0.801. The number of aromatic amines is 1. The molecule has 1 heterocycles. The Morgan fingerprint density at radius 3 is 2.66 bits per heavy atom. The lowest BCUT2D eigenvalue weighted by atomic mass is 10.1. The molecule has 3 N–H and O–H groups in total. The molecule has 4 nitrogen and oxygen atoms in total. The molecule has 0 saturated heterocycles. The Balaban J connectivity index is 1.62. The third kappa shape index (κ3) is 2.87. The van der Waals surface area contributed by atoms with E-state index in [1.165, 1.54) is 18.2 Å². The zero-order chi connectivity index (χ0) is 20.1. The molecular weight excluding hydrogens is 391 g/mol. The number of ether oxygens (including phenoxy) is 1. The molecule has 29 heavy (non-hydrogen) atoms. The van der Waals surface area contributed by atoms with Crippen molar-refractivity contribution in [1.82, 2.24) is 4.98 Å². The van der Waals surface area contributed by atoms with Crippen molar-refractivity contribution in [2.45, 2.75) is 0 Å². The van der Waals surface area contributed by atoms with Crippen LogP contribution in [0.1, 0.15) is 10.4 Å². The molecule has 0 aliphatic rings. The highest BCUT2D eigenvalue weighted by Crippen LogP contribution is 2.34. The second-order valence-corrected chi connectivity index (χ2v) is 7.22. The molecule has 0 spiro atoms. The number of H-pyrrole nitrogens is 1. The van der Waals surface area contributed by atoms with Crippen LogP contribution in [0.2, 0.25) is 5.02 Å². The predicted molar refractivity (Wildman–Crippen MR) is 114 cm³/mol. The van der Waals surface area contributed by atoms with Gasteiger partial charge in [0, 0.05) is 26.7 Å². The van der Waals surface area contributed by atoms with Gasteiger partial charge in [0.25, 0.3) is 0 Å². The smallest absolute Gasteiger partial charge is 0.346 e. The Morgan fingerprint density at radius 2 is 1.79 bits per heavy atom. The summed E-state index contributed by atoms with van der Waals surface area (Å²) >= 11 is 6.15. The molecule has 5 rings (SSSR count). The lowest BCUT2D eigenvalue weighted by Gasteiger charge is -2.08. The SMILES string of the molecule is Nc1cccc(C(=O)Oc2ccc3ccc4c5cc(Cl)ccc5[nH]c4c3c2)c1F. The van der Waals surface area contributed by atoms with Gasteiger partial charge in [-0.3, -0.25) is 0 Å². The topological polar surface area (TPSA) is 68.1 Å². The number of hydrogen-bond acceptors (Lipinski definition) is 3. The van der Waals surface area contributed by atoms with E-state index >= 15 is 0 Å². The number of nitrogens with two attached hydrogens (primary N) is 1. The number of halogens is 2. The lowest BCUT2D eigenvalue weighted by Crippen LogP contribution is -2.11. The summed E-state index contributed by atoms with van der Waals surface area (Å²) in [4.78, 5) is 15.8. The largest absolute Gasteiger partial charge is 0.423 e. The first-order valence-corrected chi connectivity index (χ1v) is 9.29. The molecule has 142 valence electrons. The van der Waals surface area contributed by atoms with E-state index in [0.29, 0.717) is 10.8 Å². The van der Waals surface area contributed by atoms with E-state index in [0.717, 1.165) is 32.6 Å². The number of aromatic nitrogens is 1. The van der Waals surface area contributed by atoms with Gasteiger partial charge in [-0.2, -0.15) is 0 Å². The van der Waals surface area contributed by atoms with Crippen LogP contribution in [0, 0.1) is 5.82 Å². The van der Waals surface area contributed by atoms with E-state index in [1.54, 1.807) is 12.1 Å². The number of anilines is 1. The maximum atomic E-state index is 14.1. The van der Waals surface area contributed by atoms with Crippen LogP contribution in [0.15, 0.2) is 66.7 Å². The Kier molecular flexibility index (Phi) is 3.93. The van der Waals surface area contributed by atoms with Crippen LogP contribution in [-0.2, 0) is 0 Å². The van der Waals surface area contributed by atoms with Gasteiger partial charge in [-0.25, -0.2) is 9.18 Å². The average Bonchev–Trinajstić information content (AvgIpc) is 3.08. The molecule has 0 aliphatic heterocycles. The summed E-state index contributed by atoms with van der Waals surface area (Å²) in [7, 11) is 0. The molecule has 0 fully saturated rings. The monoisotopic (exact) mass is 404 g/mol. The molecular formula is C23H14ClFN2O2. The minimum Gasteiger partial charge on any atom is -0.423 e. The van der Waals surface area contributed by atoms with E-state index in [4.69, 9.17) is 22.1 Å². The highest BCUT2D eigenvalue weighted by Gasteiger charge is 2.17. The van der Waals surface area contributed by atoms with Crippen LogP contribution >= 0.6 is 11.6 Å². The second kappa shape index (κ2) is 6.50. The van der Waals surface area contributed by atoms with Crippen molar-refractivity contribution in [2.24, 2.45) is 0 Å². The minimum absolute atomic E-state index is 0.101. The molecule has 0 aliphatic carbocycles. The number of hydrogen-bond donors (Lipinski definition) is 2. The quantitative estimate of drug-likeness (QED) is 0.213. The van der Waals surface area contributed by atoms with E-state index in [1.807, 2.05) is 36.4 Å². The number of esters is 1. The van der Waals surface area contributed by atoms with Crippen molar-refractivity contribution in [3.8, 4) is 5.75 Å². The Labute approximate surface area is 169 Å². The van der Waals surface area contributed by atoms with Crippen LogP contribution in [0.3, 0.4) is 0 Å². The highest BCUT2D eigenvalue weighted by atomic mass is 35.5. The second-order valence-electron chi connectivity index (χ2n) is 6.78. The van der Waals surface area contributed by atoms with E-state index < -0.39 is 11.8 Å². The number of nitrogen functional groups attached to an aromatic ring is 1. The molecule has 0 amide bonds. The molecule has 1 aromatic heterocycles. The lowest BCUT2D eigenvalue weighted by molar-refractivity contribution is 0.0730. The van der Waals surface area contributed by atoms with E-state index in [-0.39, 0.29) is 11.3 Å². The Bertz CT molecular complexity index is 1440. The van der Waals surface area contributed by atoms with E-state index in [9.17, 15) is 9.18 Å².